The van der Waals surface area contributed by atoms with E-state index in [4.69, 9.17) is 0 Å². The Morgan fingerprint density at radius 2 is 2.05 bits per heavy atom. The maximum Gasteiger partial charge on any atom is 0.317 e. The zero-order chi connectivity index (χ0) is 16.1. The van der Waals surface area contributed by atoms with Crippen LogP contribution in [0.1, 0.15) is 41.3 Å². The van der Waals surface area contributed by atoms with Gasteiger partial charge in [0.1, 0.15) is 0 Å². The van der Waals surface area contributed by atoms with Crippen LogP contribution in [0, 0.1) is 19.8 Å². The molecular formula is C16H27N3O2S. The minimum absolute atomic E-state index is 0.00587. The Morgan fingerprint density at radius 3 is 2.59 bits per heavy atom. The van der Waals surface area contributed by atoms with Gasteiger partial charge in [0, 0.05) is 37.5 Å². The maximum absolute atomic E-state index is 12.2. The fourth-order valence-corrected chi connectivity index (χ4v) is 4.03. The molecule has 0 spiro atoms. The number of amides is 2. The highest BCUT2D eigenvalue weighted by Crippen LogP contribution is 2.26. The number of aliphatic hydroxyl groups excluding tert-OH is 1. The highest BCUT2D eigenvalue weighted by molar-refractivity contribution is 7.11. The molecule has 0 bridgehead atoms. The summed E-state index contributed by atoms with van der Waals surface area (Å²) >= 11 is 1.71. The van der Waals surface area contributed by atoms with Crippen LogP contribution in [-0.4, -0.2) is 47.3 Å². The van der Waals surface area contributed by atoms with Crippen LogP contribution in [0.5, 0.6) is 0 Å². The van der Waals surface area contributed by atoms with Crippen molar-refractivity contribution >= 4 is 17.4 Å². The third-order valence-electron chi connectivity index (χ3n) is 4.57. The normalized spacial score (nSPS) is 21.6. The molecule has 2 rings (SSSR count). The van der Waals surface area contributed by atoms with Crippen molar-refractivity contribution in [2.75, 3.05) is 20.2 Å². The van der Waals surface area contributed by atoms with Crippen LogP contribution in [-0.2, 0) is 6.42 Å². The number of aryl methyl sites for hydroxylation is 2. The second-order valence-electron chi connectivity index (χ2n) is 6.19. The topological polar surface area (TPSA) is 65.5 Å². The lowest BCUT2D eigenvalue weighted by Crippen LogP contribution is -2.45. The monoisotopic (exact) mass is 325 g/mol. The molecule has 0 saturated heterocycles. The molecule has 124 valence electrons. The number of urea groups is 1. The first-order chi connectivity index (χ1) is 10.5. The predicted octanol–water partition coefficient (Wildman–Crippen LogP) is 2.49. The standard InChI is InChI=1S/C16H27N3O2S/c1-11-15(22-12(2)18-11)8-9-17-16(21)19(3)14-6-4-13(10-20)5-7-14/h13-14,20H,4-10H2,1-3H3,(H,17,21). The van der Waals surface area contributed by atoms with Gasteiger partial charge in [0.2, 0.25) is 0 Å². The molecule has 1 aromatic rings. The summed E-state index contributed by atoms with van der Waals surface area (Å²) in [5, 5.41) is 13.3. The second kappa shape index (κ2) is 7.92. The van der Waals surface area contributed by atoms with Crippen LogP contribution < -0.4 is 5.32 Å². The second-order valence-corrected chi connectivity index (χ2v) is 7.48. The minimum Gasteiger partial charge on any atom is -0.396 e. The molecule has 0 aromatic carbocycles. The number of nitrogens with zero attached hydrogens (tertiary/aromatic N) is 2. The van der Waals surface area contributed by atoms with E-state index in [1.54, 1.807) is 11.3 Å². The largest absolute Gasteiger partial charge is 0.396 e. The number of rotatable bonds is 5. The molecule has 2 N–H and O–H groups in total. The van der Waals surface area contributed by atoms with E-state index in [0.29, 0.717) is 18.5 Å². The lowest BCUT2D eigenvalue weighted by Gasteiger charge is -2.34. The summed E-state index contributed by atoms with van der Waals surface area (Å²) < 4.78 is 0. The quantitative estimate of drug-likeness (QED) is 0.874. The summed E-state index contributed by atoms with van der Waals surface area (Å²) in [5.41, 5.74) is 1.08. The van der Waals surface area contributed by atoms with Crippen LogP contribution in [0.3, 0.4) is 0 Å². The molecule has 0 unspecified atom stereocenters. The Balaban J connectivity index is 1.74. The van der Waals surface area contributed by atoms with Gasteiger partial charge >= 0.3 is 6.03 Å². The number of hydrogen-bond donors (Lipinski definition) is 2. The Bertz CT molecular complexity index is 496. The highest BCUT2D eigenvalue weighted by Gasteiger charge is 2.26. The number of thiazole rings is 1. The summed E-state index contributed by atoms with van der Waals surface area (Å²) in [6, 6.07) is 0.307. The van der Waals surface area contributed by atoms with Crippen molar-refractivity contribution in [1.82, 2.24) is 15.2 Å². The third kappa shape index (κ3) is 4.43. The molecule has 2 amide bonds. The van der Waals surface area contributed by atoms with E-state index < -0.39 is 0 Å². The summed E-state index contributed by atoms with van der Waals surface area (Å²) in [7, 11) is 1.88. The molecule has 1 aliphatic rings. The van der Waals surface area contributed by atoms with Crippen LogP contribution >= 0.6 is 11.3 Å². The van der Waals surface area contributed by atoms with Gasteiger partial charge < -0.3 is 15.3 Å². The van der Waals surface area contributed by atoms with Gasteiger partial charge in [-0.25, -0.2) is 9.78 Å². The van der Waals surface area contributed by atoms with E-state index in [1.807, 2.05) is 25.8 Å². The van der Waals surface area contributed by atoms with Crippen LogP contribution in [0.4, 0.5) is 4.79 Å². The van der Waals surface area contributed by atoms with E-state index in [0.717, 1.165) is 42.8 Å². The number of aromatic nitrogens is 1. The molecule has 1 heterocycles. The SMILES string of the molecule is Cc1nc(C)c(CCNC(=O)N(C)C2CCC(CO)CC2)s1. The van der Waals surface area contributed by atoms with Crippen molar-refractivity contribution in [1.29, 1.82) is 0 Å². The summed E-state index contributed by atoms with van der Waals surface area (Å²) in [4.78, 5) is 19.7. The first-order valence-electron chi connectivity index (χ1n) is 8.05. The Kier molecular flexibility index (Phi) is 6.20. The fourth-order valence-electron chi connectivity index (χ4n) is 3.09. The average Bonchev–Trinajstić information content (AvgIpc) is 2.84. The molecule has 1 saturated carbocycles. The van der Waals surface area contributed by atoms with E-state index in [1.165, 1.54) is 4.88 Å². The number of carbonyl (C=O) groups is 1. The number of nitrogens with one attached hydrogen (secondary N) is 1. The van der Waals surface area contributed by atoms with Gasteiger partial charge in [0.15, 0.2) is 0 Å². The van der Waals surface area contributed by atoms with Gasteiger partial charge in [-0.05, 0) is 45.4 Å². The number of hydrogen-bond acceptors (Lipinski definition) is 4. The van der Waals surface area contributed by atoms with Crippen molar-refractivity contribution in [3.63, 3.8) is 0 Å². The van der Waals surface area contributed by atoms with Gasteiger partial charge in [-0.15, -0.1) is 11.3 Å². The van der Waals surface area contributed by atoms with Crippen LogP contribution in [0.25, 0.3) is 0 Å². The van der Waals surface area contributed by atoms with Crippen molar-refractivity contribution in [3.05, 3.63) is 15.6 Å². The van der Waals surface area contributed by atoms with E-state index in [-0.39, 0.29) is 12.6 Å². The summed E-state index contributed by atoms with van der Waals surface area (Å²) in [6.45, 7) is 4.95. The van der Waals surface area contributed by atoms with Gasteiger partial charge in [0.25, 0.3) is 0 Å². The smallest absolute Gasteiger partial charge is 0.317 e. The summed E-state index contributed by atoms with van der Waals surface area (Å²) in [5.74, 6) is 0.422. The average molecular weight is 325 g/mol. The molecule has 1 aliphatic carbocycles. The van der Waals surface area contributed by atoms with Crippen molar-refractivity contribution < 1.29 is 9.90 Å². The van der Waals surface area contributed by atoms with Crippen molar-refractivity contribution in [2.24, 2.45) is 5.92 Å². The first kappa shape index (κ1) is 17.2. The molecule has 0 atom stereocenters. The predicted molar refractivity (Wildman–Crippen MR) is 89.3 cm³/mol. The lowest BCUT2D eigenvalue weighted by atomic mass is 9.86. The van der Waals surface area contributed by atoms with Crippen LogP contribution in [0.2, 0.25) is 0 Å². The zero-order valence-corrected chi connectivity index (χ0v) is 14.6. The van der Waals surface area contributed by atoms with Gasteiger partial charge in [-0.1, -0.05) is 0 Å². The molecule has 22 heavy (non-hydrogen) atoms. The maximum atomic E-state index is 12.2. The molecular weight excluding hydrogens is 298 g/mol. The minimum atomic E-state index is 0.00587. The highest BCUT2D eigenvalue weighted by atomic mass is 32.1. The van der Waals surface area contributed by atoms with Crippen LogP contribution in [0.15, 0.2) is 0 Å². The van der Waals surface area contributed by atoms with E-state index >= 15 is 0 Å². The molecule has 0 radical (unpaired) electrons. The molecule has 1 aromatic heterocycles. The van der Waals surface area contributed by atoms with Crippen molar-refractivity contribution in [2.45, 2.75) is 52.0 Å². The third-order valence-corrected chi connectivity index (χ3v) is 5.70. The van der Waals surface area contributed by atoms with Crippen molar-refractivity contribution in [3.8, 4) is 0 Å². The Labute approximate surface area is 136 Å². The van der Waals surface area contributed by atoms with Gasteiger partial charge in [-0.2, -0.15) is 0 Å². The molecule has 5 nitrogen and oxygen atoms in total. The van der Waals surface area contributed by atoms with Gasteiger partial charge in [-0.3, -0.25) is 0 Å². The Hall–Kier alpha value is -1.14. The lowest BCUT2D eigenvalue weighted by molar-refractivity contribution is 0.134. The zero-order valence-electron chi connectivity index (χ0n) is 13.8. The first-order valence-corrected chi connectivity index (χ1v) is 8.87. The molecule has 0 aliphatic heterocycles. The molecule has 1 fully saturated rings. The fraction of sp³-hybridized carbons (Fsp3) is 0.750. The van der Waals surface area contributed by atoms with E-state index in [9.17, 15) is 9.90 Å². The number of aliphatic hydroxyl groups is 1. The van der Waals surface area contributed by atoms with E-state index in [2.05, 4.69) is 10.3 Å². The molecule has 6 heteroatoms. The number of carbonyl (C=O) groups excluding carboxylic acids is 1. The Morgan fingerprint density at radius 1 is 1.36 bits per heavy atom. The van der Waals surface area contributed by atoms with Gasteiger partial charge in [0.05, 0.1) is 10.7 Å². The summed E-state index contributed by atoms with van der Waals surface area (Å²) in [6.07, 6.45) is 4.84.